The zero-order valence-electron chi connectivity index (χ0n) is 18.9. The molecule has 4 rings (SSSR count). The number of carbonyl (C=O) groups excluding carboxylic acids is 3. The van der Waals surface area contributed by atoms with Gasteiger partial charge in [-0.25, -0.2) is 18.8 Å². The van der Waals surface area contributed by atoms with Gasteiger partial charge in [0.1, 0.15) is 12.7 Å². The molecule has 0 aromatic heterocycles. The molecular weight excluding hydrogens is 471 g/mol. The number of halogens is 1. The van der Waals surface area contributed by atoms with Crippen molar-refractivity contribution in [2.45, 2.75) is 30.8 Å². The van der Waals surface area contributed by atoms with Crippen molar-refractivity contribution >= 4 is 17.9 Å². The number of carbonyl (C=O) groups is 3. The fourth-order valence-electron chi connectivity index (χ4n) is 3.62. The van der Waals surface area contributed by atoms with Crippen LogP contribution in [0.2, 0.25) is 0 Å². The molecule has 5 unspecified atom stereocenters. The van der Waals surface area contributed by atoms with Crippen LogP contribution >= 0.6 is 0 Å². The number of aliphatic hydroxyl groups is 1. The highest BCUT2D eigenvalue weighted by Gasteiger charge is 2.51. The van der Waals surface area contributed by atoms with Crippen LogP contribution in [0.25, 0.3) is 0 Å². The van der Waals surface area contributed by atoms with Crippen LogP contribution in [0, 0.1) is 0 Å². The number of rotatable bonds is 7. The fourth-order valence-corrected chi connectivity index (χ4v) is 3.62. The van der Waals surface area contributed by atoms with Crippen molar-refractivity contribution in [3.05, 3.63) is 108 Å². The van der Waals surface area contributed by atoms with Gasteiger partial charge in [-0.2, -0.15) is 0 Å². The first-order valence-electron chi connectivity index (χ1n) is 11.2. The fraction of sp³-hybridized carbons (Fsp3) is 0.222. The van der Waals surface area contributed by atoms with E-state index in [4.69, 9.17) is 18.9 Å². The molecule has 0 amide bonds. The topological polar surface area (TPSA) is 108 Å². The third-order valence-electron chi connectivity index (χ3n) is 5.48. The summed E-state index contributed by atoms with van der Waals surface area (Å²) in [6.07, 6.45) is -8.87. The highest BCUT2D eigenvalue weighted by molar-refractivity contribution is 5.90. The molecule has 1 fully saturated rings. The third-order valence-corrected chi connectivity index (χ3v) is 5.48. The highest BCUT2D eigenvalue weighted by atomic mass is 19.1. The lowest BCUT2D eigenvalue weighted by molar-refractivity contribution is -0.273. The number of ether oxygens (including phenoxy) is 4. The smallest absolute Gasteiger partial charge is 0.338 e. The first-order valence-corrected chi connectivity index (χ1v) is 11.2. The Bertz CT molecular complexity index is 1170. The molecule has 0 radical (unpaired) electrons. The lowest BCUT2D eigenvalue weighted by Gasteiger charge is -2.40. The number of alkyl halides is 1. The second-order valence-electron chi connectivity index (χ2n) is 7.95. The molecule has 1 saturated heterocycles. The summed E-state index contributed by atoms with van der Waals surface area (Å²) < 4.78 is 36.7. The van der Waals surface area contributed by atoms with Crippen molar-refractivity contribution in [1.29, 1.82) is 0 Å². The van der Waals surface area contributed by atoms with E-state index in [2.05, 4.69) is 0 Å². The van der Waals surface area contributed by atoms with Crippen LogP contribution in [0.15, 0.2) is 91.0 Å². The first kappa shape index (κ1) is 25.0. The van der Waals surface area contributed by atoms with Crippen molar-refractivity contribution in [2.24, 2.45) is 0 Å². The van der Waals surface area contributed by atoms with Crippen molar-refractivity contribution in [1.82, 2.24) is 0 Å². The quantitative estimate of drug-likeness (QED) is 0.394. The molecule has 3 aromatic rings. The Morgan fingerprint density at radius 2 is 1.11 bits per heavy atom. The molecule has 0 spiro atoms. The maximum atomic E-state index is 15.6. The molecule has 1 aliphatic heterocycles. The zero-order valence-corrected chi connectivity index (χ0v) is 18.9. The summed E-state index contributed by atoms with van der Waals surface area (Å²) in [4.78, 5) is 37.6. The van der Waals surface area contributed by atoms with Gasteiger partial charge in [0.2, 0.25) is 0 Å². The van der Waals surface area contributed by atoms with Gasteiger partial charge in [-0.05, 0) is 36.4 Å². The average molecular weight is 494 g/mol. The number of benzene rings is 3. The lowest BCUT2D eigenvalue weighted by atomic mass is 9.99. The van der Waals surface area contributed by atoms with Gasteiger partial charge >= 0.3 is 17.9 Å². The van der Waals surface area contributed by atoms with Crippen LogP contribution < -0.4 is 0 Å². The van der Waals surface area contributed by atoms with Crippen molar-refractivity contribution in [3.63, 3.8) is 0 Å². The predicted molar refractivity (Wildman–Crippen MR) is 124 cm³/mol. The van der Waals surface area contributed by atoms with Gasteiger partial charge in [-0.1, -0.05) is 54.6 Å². The Hall–Kier alpha value is -4.08. The standard InChI is InChI=1S/C27H23FO8/c28-21-20(16-33-24(29)17-10-4-1-5-11-17)34-27(32)23(36-26(31)19-14-8-3-9-15-19)22(21)35-25(30)18-12-6-2-7-13-18/h1-15,20-23,27,32H,16H2. The monoisotopic (exact) mass is 494 g/mol. The van der Waals surface area contributed by atoms with E-state index in [0.29, 0.717) is 0 Å². The SMILES string of the molecule is O=C(OCC1OC(O)C(OC(=O)c2ccccc2)C(OC(=O)c2ccccc2)C1F)c1ccccc1. The maximum absolute atomic E-state index is 15.6. The average Bonchev–Trinajstić information content (AvgIpc) is 2.92. The molecule has 3 aromatic carbocycles. The van der Waals surface area contributed by atoms with Crippen molar-refractivity contribution in [3.8, 4) is 0 Å². The molecule has 0 bridgehead atoms. The van der Waals surface area contributed by atoms with Crippen LogP contribution in [0.3, 0.4) is 0 Å². The Labute approximate surface area is 206 Å². The molecule has 1 aliphatic rings. The molecular formula is C27H23FO8. The molecule has 0 aliphatic carbocycles. The van der Waals surface area contributed by atoms with Gasteiger partial charge in [0.15, 0.2) is 24.7 Å². The van der Waals surface area contributed by atoms with Crippen molar-refractivity contribution < 1.29 is 42.8 Å². The van der Waals surface area contributed by atoms with E-state index >= 15 is 4.39 Å². The van der Waals surface area contributed by atoms with Gasteiger partial charge < -0.3 is 24.1 Å². The minimum atomic E-state index is -2.10. The summed E-state index contributed by atoms with van der Waals surface area (Å²) in [5, 5.41) is 10.6. The second kappa shape index (κ2) is 11.6. The number of hydrogen-bond acceptors (Lipinski definition) is 8. The Kier molecular flexibility index (Phi) is 8.04. The van der Waals surface area contributed by atoms with Crippen LogP contribution in [0.5, 0.6) is 0 Å². The van der Waals surface area contributed by atoms with Gasteiger partial charge in [0, 0.05) is 0 Å². The van der Waals surface area contributed by atoms with E-state index in [1.807, 2.05) is 0 Å². The van der Waals surface area contributed by atoms with E-state index in [1.165, 1.54) is 36.4 Å². The minimum Gasteiger partial charge on any atom is -0.459 e. The predicted octanol–water partition coefficient (Wildman–Crippen LogP) is 3.35. The largest absolute Gasteiger partial charge is 0.459 e. The highest BCUT2D eigenvalue weighted by Crippen LogP contribution is 2.29. The van der Waals surface area contributed by atoms with E-state index in [1.54, 1.807) is 54.6 Å². The van der Waals surface area contributed by atoms with Crippen LogP contribution in [0.1, 0.15) is 31.1 Å². The molecule has 1 N–H and O–H groups in total. The normalized spacial score (nSPS) is 23.3. The summed E-state index contributed by atoms with van der Waals surface area (Å²) in [5.74, 6) is -2.49. The number of hydrogen-bond donors (Lipinski definition) is 1. The molecule has 36 heavy (non-hydrogen) atoms. The summed E-state index contributed by atoms with van der Waals surface area (Å²) in [6.45, 7) is -0.579. The molecule has 0 saturated carbocycles. The molecule has 186 valence electrons. The zero-order chi connectivity index (χ0) is 25.5. The van der Waals surface area contributed by atoms with Crippen molar-refractivity contribution in [2.75, 3.05) is 6.61 Å². The number of aliphatic hydroxyl groups excluding tert-OH is 1. The molecule has 5 atom stereocenters. The number of esters is 3. The van der Waals surface area contributed by atoms with Crippen LogP contribution in [-0.2, 0) is 18.9 Å². The van der Waals surface area contributed by atoms with Crippen LogP contribution in [-0.4, -0.2) is 60.4 Å². The Morgan fingerprint density at radius 1 is 0.694 bits per heavy atom. The summed E-state index contributed by atoms with van der Waals surface area (Å²) in [6, 6.07) is 23.7. The summed E-state index contributed by atoms with van der Waals surface area (Å²) >= 11 is 0. The van der Waals surface area contributed by atoms with Gasteiger partial charge in [0.05, 0.1) is 16.7 Å². The van der Waals surface area contributed by atoms with Crippen LogP contribution in [0.4, 0.5) is 4.39 Å². The van der Waals surface area contributed by atoms with E-state index in [9.17, 15) is 19.5 Å². The second-order valence-corrected chi connectivity index (χ2v) is 7.95. The maximum Gasteiger partial charge on any atom is 0.338 e. The molecule has 8 nitrogen and oxygen atoms in total. The van der Waals surface area contributed by atoms with Gasteiger partial charge in [-0.15, -0.1) is 0 Å². The molecule has 1 heterocycles. The Morgan fingerprint density at radius 3 is 1.58 bits per heavy atom. The van der Waals surface area contributed by atoms with E-state index in [-0.39, 0.29) is 16.7 Å². The summed E-state index contributed by atoms with van der Waals surface area (Å²) in [5.41, 5.74) is 0.518. The van der Waals surface area contributed by atoms with E-state index < -0.39 is 55.3 Å². The third kappa shape index (κ3) is 5.94. The van der Waals surface area contributed by atoms with Gasteiger partial charge in [-0.3, -0.25) is 0 Å². The van der Waals surface area contributed by atoms with Gasteiger partial charge in [0.25, 0.3) is 0 Å². The Balaban J connectivity index is 1.52. The lowest BCUT2D eigenvalue weighted by Crippen LogP contribution is -2.60. The van der Waals surface area contributed by atoms with E-state index in [0.717, 1.165) is 0 Å². The minimum absolute atomic E-state index is 0.130. The first-order chi connectivity index (χ1) is 17.4. The molecule has 9 heteroatoms. The summed E-state index contributed by atoms with van der Waals surface area (Å²) in [7, 11) is 0.